The third kappa shape index (κ3) is 5.51. The van der Waals surface area contributed by atoms with Crippen molar-refractivity contribution in [3.63, 3.8) is 0 Å². The first-order chi connectivity index (χ1) is 13.9. The number of likely N-dealkylation sites (N-methyl/N-ethyl adjacent to an activating group) is 2. The van der Waals surface area contributed by atoms with E-state index in [4.69, 9.17) is 4.74 Å². The summed E-state index contributed by atoms with van der Waals surface area (Å²) in [4.78, 5) is 28.2. The maximum atomic E-state index is 11.3. The van der Waals surface area contributed by atoms with Crippen molar-refractivity contribution >= 4 is 11.7 Å². The zero-order valence-electron chi connectivity index (χ0n) is 17.2. The van der Waals surface area contributed by atoms with Crippen molar-refractivity contribution < 1.29 is 9.53 Å². The SMILES string of the molecule is CC(=O)N(C)CCN(C)c1cncc(Oc2ccc(-c3cccc(C)n3)cc2)n1. The molecule has 2 aromatic heterocycles. The van der Waals surface area contributed by atoms with E-state index >= 15 is 0 Å². The topological polar surface area (TPSA) is 71.5 Å². The molecule has 0 bridgehead atoms. The number of aryl methyl sites for hydroxylation is 1. The van der Waals surface area contributed by atoms with Crippen LogP contribution in [0.15, 0.2) is 54.9 Å². The van der Waals surface area contributed by atoms with E-state index in [-0.39, 0.29) is 5.91 Å². The fourth-order valence-corrected chi connectivity index (χ4v) is 2.66. The first-order valence-corrected chi connectivity index (χ1v) is 9.39. The molecule has 0 spiro atoms. The van der Waals surface area contributed by atoms with Gasteiger partial charge in [0, 0.05) is 45.4 Å². The van der Waals surface area contributed by atoms with Gasteiger partial charge >= 0.3 is 0 Å². The molecule has 2 heterocycles. The van der Waals surface area contributed by atoms with Crippen LogP contribution in [0, 0.1) is 6.92 Å². The smallest absolute Gasteiger partial charge is 0.239 e. The molecule has 1 aromatic carbocycles. The average molecular weight is 391 g/mol. The van der Waals surface area contributed by atoms with Crippen LogP contribution in [0.5, 0.6) is 11.6 Å². The molecule has 0 fully saturated rings. The molecule has 7 heteroatoms. The third-order valence-electron chi connectivity index (χ3n) is 4.56. The number of aromatic nitrogens is 3. The average Bonchev–Trinajstić information content (AvgIpc) is 2.72. The van der Waals surface area contributed by atoms with Gasteiger partial charge in [-0.3, -0.25) is 14.8 Å². The number of carbonyl (C=O) groups excluding carboxylic acids is 1. The van der Waals surface area contributed by atoms with Crippen molar-refractivity contribution in [1.82, 2.24) is 19.9 Å². The minimum Gasteiger partial charge on any atom is -0.437 e. The highest BCUT2D eigenvalue weighted by atomic mass is 16.5. The fourth-order valence-electron chi connectivity index (χ4n) is 2.66. The molecule has 1 amide bonds. The van der Waals surface area contributed by atoms with Gasteiger partial charge in [-0.2, -0.15) is 4.98 Å². The molecule has 0 aliphatic carbocycles. The molecule has 7 nitrogen and oxygen atoms in total. The Morgan fingerprint density at radius 2 is 1.76 bits per heavy atom. The number of amides is 1. The van der Waals surface area contributed by atoms with E-state index in [1.54, 1.807) is 31.3 Å². The molecular weight excluding hydrogens is 366 g/mol. The second-order valence-corrected chi connectivity index (χ2v) is 6.87. The summed E-state index contributed by atoms with van der Waals surface area (Å²) in [5, 5.41) is 0. The van der Waals surface area contributed by atoms with Gasteiger partial charge in [0.2, 0.25) is 11.8 Å². The molecule has 0 N–H and O–H groups in total. The van der Waals surface area contributed by atoms with Crippen LogP contribution in [0.4, 0.5) is 5.82 Å². The summed E-state index contributed by atoms with van der Waals surface area (Å²) in [6.07, 6.45) is 3.25. The fraction of sp³-hybridized carbons (Fsp3) is 0.273. The van der Waals surface area contributed by atoms with E-state index in [2.05, 4.69) is 15.0 Å². The van der Waals surface area contributed by atoms with Crippen LogP contribution in [0.25, 0.3) is 11.3 Å². The van der Waals surface area contributed by atoms with Crippen LogP contribution < -0.4 is 9.64 Å². The predicted octanol–water partition coefficient (Wildman–Crippen LogP) is 3.55. The summed E-state index contributed by atoms with van der Waals surface area (Å²) in [6.45, 7) is 4.77. The number of benzene rings is 1. The summed E-state index contributed by atoms with van der Waals surface area (Å²) < 4.78 is 5.86. The zero-order valence-corrected chi connectivity index (χ0v) is 17.2. The number of hydrogen-bond donors (Lipinski definition) is 0. The van der Waals surface area contributed by atoms with Gasteiger partial charge in [-0.25, -0.2) is 0 Å². The van der Waals surface area contributed by atoms with Crippen LogP contribution in [-0.4, -0.2) is 52.9 Å². The Labute approximate surface area is 171 Å². The van der Waals surface area contributed by atoms with Crippen molar-refractivity contribution in [2.45, 2.75) is 13.8 Å². The van der Waals surface area contributed by atoms with Crippen molar-refractivity contribution in [2.75, 3.05) is 32.1 Å². The molecule has 0 saturated heterocycles. The van der Waals surface area contributed by atoms with E-state index in [1.807, 2.05) is 61.3 Å². The summed E-state index contributed by atoms with van der Waals surface area (Å²) in [5.74, 6) is 1.80. The lowest BCUT2D eigenvalue weighted by atomic mass is 10.1. The second kappa shape index (κ2) is 9.14. The van der Waals surface area contributed by atoms with E-state index in [9.17, 15) is 4.79 Å². The highest BCUT2D eigenvalue weighted by molar-refractivity contribution is 5.72. The minimum atomic E-state index is 0.0332. The number of pyridine rings is 1. The quantitative estimate of drug-likeness (QED) is 0.613. The van der Waals surface area contributed by atoms with E-state index in [0.717, 1.165) is 17.0 Å². The Kier molecular flexibility index (Phi) is 6.39. The molecule has 0 saturated carbocycles. The van der Waals surface area contributed by atoms with Crippen molar-refractivity contribution in [3.05, 3.63) is 60.6 Å². The molecule has 0 aliphatic rings. The van der Waals surface area contributed by atoms with Gasteiger partial charge in [0.15, 0.2) is 5.82 Å². The summed E-state index contributed by atoms with van der Waals surface area (Å²) in [5.41, 5.74) is 2.93. The van der Waals surface area contributed by atoms with Gasteiger partial charge < -0.3 is 14.5 Å². The van der Waals surface area contributed by atoms with Gasteiger partial charge in [0.25, 0.3) is 0 Å². The van der Waals surface area contributed by atoms with E-state index < -0.39 is 0 Å². The van der Waals surface area contributed by atoms with Crippen LogP contribution >= 0.6 is 0 Å². The minimum absolute atomic E-state index is 0.0332. The second-order valence-electron chi connectivity index (χ2n) is 6.87. The Bertz CT molecular complexity index is 975. The van der Waals surface area contributed by atoms with E-state index in [0.29, 0.717) is 30.5 Å². The van der Waals surface area contributed by atoms with Crippen molar-refractivity contribution in [3.8, 4) is 22.9 Å². The summed E-state index contributed by atoms with van der Waals surface area (Å²) in [6, 6.07) is 13.7. The lowest BCUT2D eigenvalue weighted by molar-refractivity contribution is -0.127. The Balaban J connectivity index is 1.66. The number of carbonyl (C=O) groups is 1. The van der Waals surface area contributed by atoms with Crippen LogP contribution in [-0.2, 0) is 4.79 Å². The maximum absolute atomic E-state index is 11.3. The van der Waals surface area contributed by atoms with Crippen LogP contribution in [0.1, 0.15) is 12.6 Å². The van der Waals surface area contributed by atoms with Gasteiger partial charge in [-0.05, 0) is 43.3 Å². The molecule has 0 unspecified atom stereocenters. The highest BCUT2D eigenvalue weighted by Crippen LogP contribution is 2.24. The molecule has 0 atom stereocenters. The van der Waals surface area contributed by atoms with Gasteiger partial charge in [-0.1, -0.05) is 6.07 Å². The van der Waals surface area contributed by atoms with Gasteiger partial charge in [0.1, 0.15) is 5.75 Å². The highest BCUT2D eigenvalue weighted by Gasteiger charge is 2.09. The number of anilines is 1. The number of rotatable bonds is 7. The molecule has 0 radical (unpaired) electrons. The van der Waals surface area contributed by atoms with Crippen LogP contribution in [0.3, 0.4) is 0 Å². The Morgan fingerprint density at radius 3 is 2.45 bits per heavy atom. The van der Waals surface area contributed by atoms with Crippen molar-refractivity contribution in [2.24, 2.45) is 0 Å². The van der Waals surface area contributed by atoms with Crippen LogP contribution in [0.2, 0.25) is 0 Å². The molecule has 0 aliphatic heterocycles. The van der Waals surface area contributed by atoms with Crippen molar-refractivity contribution in [1.29, 1.82) is 0 Å². The molecular formula is C22H25N5O2. The molecule has 29 heavy (non-hydrogen) atoms. The monoisotopic (exact) mass is 391 g/mol. The first kappa shape index (κ1) is 20.3. The van der Waals surface area contributed by atoms with Gasteiger partial charge in [0.05, 0.1) is 18.1 Å². The molecule has 150 valence electrons. The normalized spacial score (nSPS) is 10.5. The van der Waals surface area contributed by atoms with Gasteiger partial charge in [-0.15, -0.1) is 0 Å². The number of nitrogens with zero attached hydrogens (tertiary/aromatic N) is 5. The standard InChI is InChI=1S/C22H25N5O2/c1-16-6-5-7-20(24-16)18-8-10-19(11-9-18)29-22-15-23-14-21(25-22)27(4)13-12-26(3)17(2)28/h5-11,14-15H,12-13H2,1-4H3. The van der Waals surface area contributed by atoms with E-state index in [1.165, 1.54) is 0 Å². The maximum Gasteiger partial charge on any atom is 0.239 e. The third-order valence-corrected chi connectivity index (χ3v) is 4.56. The number of hydrogen-bond acceptors (Lipinski definition) is 6. The first-order valence-electron chi connectivity index (χ1n) is 9.39. The Hall–Kier alpha value is -3.48. The predicted molar refractivity (Wildman–Crippen MR) is 113 cm³/mol. The number of ether oxygens (including phenoxy) is 1. The molecule has 3 aromatic rings. The zero-order chi connectivity index (χ0) is 20.8. The lowest BCUT2D eigenvalue weighted by Gasteiger charge is -2.22. The molecule has 3 rings (SSSR count). The summed E-state index contributed by atoms with van der Waals surface area (Å²) >= 11 is 0. The Morgan fingerprint density at radius 1 is 1.00 bits per heavy atom. The largest absolute Gasteiger partial charge is 0.437 e. The summed E-state index contributed by atoms with van der Waals surface area (Å²) in [7, 11) is 3.68. The lowest BCUT2D eigenvalue weighted by Crippen LogP contribution is -2.33.